The van der Waals surface area contributed by atoms with Crippen LogP contribution in [0.3, 0.4) is 0 Å². The van der Waals surface area contributed by atoms with E-state index in [4.69, 9.17) is 4.98 Å². The lowest BCUT2D eigenvalue weighted by atomic mass is 10.1. The van der Waals surface area contributed by atoms with Gasteiger partial charge in [-0.3, -0.25) is 0 Å². The van der Waals surface area contributed by atoms with E-state index in [2.05, 4.69) is 4.98 Å². The van der Waals surface area contributed by atoms with Crippen LogP contribution in [0.25, 0.3) is 33.5 Å². The van der Waals surface area contributed by atoms with Gasteiger partial charge in [-0.05, 0) is 36.8 Å². The molecule has 1 aliphatic heterocycles. The summed E-state index contributed by atoms with van der Waals surface area (Å²) < 4.78 is 67.9. The summed E-state index contributed by atoms with van der Waals surface area (Å²) in [6, 6.07) is 14.7. The van der Waals surface area contributed by atoms with Crippen LogP contribution in [0.5, 0.6) is 5.75 Å². The van der Waals surface area contributed by atoms with Crippen molar-refractivity contribution >= 4 is 38.1 Å². The number of imidazole rings is 1. The fraction of sp³-hybridized carbons (Fsp3) is 0.222. The van der Waals surface area contributed by atoms with E-state index in [1.807, 2.05) is 9.88 Å². The predicted molar refractivity (Wildman–Crippen MR) is 144 cm³/mol. The van der Waals surface area contributed by atoms with E-state index in [1.165, 1.54) is 41.6 Å². The summed E-state index contributed by atoms with van der Waals surface area (Å²) in [6.07, 6.45) is -1.26. The number of fused-ring (bicyclic) bond motifs is 3. The molecule has 1 unspecified atom stereocenters. The van der Waals surface area contributed by atoms with E-state index < -0.39 is 34.8 Å². The minimum Gasteiger partial charge on any atom is -0.508 e. The van der Waals surface area contributed by atoms with Gasteiger partial charge in [0.25, 0.3) is 10.0 Å². The molecule has 0 aliphatic carbocycles. The van der Waals surface area contributed by atoms with Gasteiger partial charge in [-0.15, -0.1) is 0 Å². The van der Waals surface area contributed by atoms with E-state index in [0.29, 0.717) is 34.2 Å². The lowest BCUT2D eigenvalue weighted by Crippen LogP contribution is -2.42. The third kappa shape index (κ3) is 4.84. The fourth-order valence-corrected chi connectivity index (χ4v) is 6.50. The summed E-state index contributed by atoms with van der Waals surface area (Å²) in [7, 11) is -3.97. The number of halogens is 3. The van der Waals surface area contributed by atoms with Crippen molar-refractivity contribution in [3.8, 4) is 17.1 Å². The molecule has 2 aromatic carbocycles. The van der Waals surface area contributed by atoms with Crippen molar-refractivity contribution in [3.63, 3.8) is 0 Å². The summed E-state index contributed by atoms with van der Waals surface area (Å²) in [5.74, 6) is 0.440. The Kier molecular flexibility index (Phi) is 6.36. The molecule has 1 fully saturated rings. The van der Waals surface area contributed by atoms with Crippen LogP contribution in [-0.4, -0.2) is 68.8 Å². The molecule has 0 saturated carbocycles. The standard InChI is InChI=1S/C27H23F3N6O4S/c28-27(29,30)16-32-26(38)34-11-9-18(15-34)36-23-21-10-12-35(41(39,40)20-7-2-1-3-8-20)25(21)31-14-22(23)33-24(36)17-5-4-6-19(37)13-17/h1-8,10,12-14,18,37H,9,11,15-16H2,(H,32,38). The van der Waals surface area contributed by atoms with Gasteiger partial charge in [0.15, 0.2) is 5.65 Å². The van der Waals surface area contributed by atoms with Crippen LogP contribution in [0.15, 0.2) is 78.0 Å². The molecule has 0 radical (unpaired) electrons. The van der Waals surface area contributed by atoms with Crippen LogP contribution in [0, 0.1) is 0 Å². The van der Waals surface area contributed by atoms with Gasteiger partial charge < -0.3 is 19.9 Å². The Labute approximate surface area is 231 Å². The Hall–Kier alpha value is -4.59. The highest BCUT2D eigenvalue weighted by atomic mass is 32.2. The van der Waals surface area contributed by atoms with E-state index in [9.17, 15) is 31.5 Å². The van der Waals surface area contributed by atoms with Gasteiger partial charge >= 0.3 is 12.2 Å². The number of alkyl halides is 3. The van der Waals surface area contributed by atoms with Crippen molar-refractivity contribution in [3.05, 3.63) is 73.1 Å². The number of likely N-dealkylation sites (tertiary alicyclic amines) is 1. The van der Waals surface area contributed by atoms with Crippen molar-refractivity contribution in [2.45, 2.75) is 23.5 Å². The van der Waals surface area contributed by atoms with Gasteiger partial charge in [0, 0.05) is 30.2 Å². The van der Waals surface area contributed by atoms with Crippen LogP contribution in [0.2, 0.25) is 0 Å². The molecule has 6 rings (SSSR count). The molecular formula is C27H23F3N6O4S. The highest BCUT2D eigenvalue weighted by Gasteiger charge is 2.34. The molecule has 1 atom stereocenters. The van der Waals surface area contributed by atoms with Crippen LogP contribution >= 0.6 is 0 Å². The second-order valence-corrected chi connectivity index (χ2v) is 11.5. The third-order valence-corrected chi connectivity index (χ3v) is 8.67. The summed E-state index contributed by atoms with van der Waals surface area (Å²) in [6.45, 7) is -1.15. The van der Waals surface area contributed by atoms with Gasteiger partial charge in [-0.25, -0.2) is 27.2 Å². The minimum absolute atomic E-state index is 0.00376. The van der Waals surface area contributed by atoms with Crippen molar-refractivity contribution in [2.24, 2.45) is 0 Å². The first-order valence-electron chi connectivity index (χ1n) is 12.6. The molecule has 0 spiro atoms. The third-order valence-electron chi connectivity index (χ3n) is 6.99. The lowest BCUT2D eigenvalue weighted by molar-refractivity contribution is -0.123. The zero-order chi connectivity index (χ0) is 28.9. The quantitative estimate of drug-likeness (QED) is 0.314. The average Bonchev–Trinajstić information content (AvgIpc) is 3.68. The largest absolute Gasteiger partial charge is 0.508 e. The summed E-state index contributed by atoms with van der Waals surface area (Å²) >= 11 is 0. The first-order chi connectivity index (χ1) is 19.5. The zero-order valence-electron chi connectivity index (χ0n) is 21.3. The Bertz CT molecular complexity index is 1890. The number of hydrogen-bond acceptors (Lipinski definition) is 6. The molecule has 5 aromatic rings. The van der Waals surface area contributed by atoms with Crippen LogP contribution in [0.1, 0.15) is 12.5 Å². The number of nitrogens with one attached hydrogen (secondary N) is 1. The van der Waals surface area contributed by atoms with E-state index in [-0.39, 0.29) is 29.4 Å². The van der Waals surface area contributed by atoms with E-state index in [1.54, 1.807) is 36.4 Å². The van der Waals surface area contributed by atoms with Crippen molar-refractivity contribution in [2.75, 3.05) is 19.6 Å². The number of amides is 2. The van der Waals surface area contributed by atoms with Crippen molar-refractivity contribution < 1.29 is 31.5 Å². The van der Waals surface area contributed by atoms with Crippen molar-refractivity contribution in [1.29, 1.82) is 0 Å². The molecule has 3 aromatic heterocycles. The molecular weight excluding hydrogens is 561 g/mol. The zero-order valence-corrected chi connectivity index (χ0v) is 22.1. The molecule has 0 bridgehead atoms. The number of urea groups is 1. The molecule has 2 N–H and O–H groups in total. The number of benzene rings is 2. The Balaban J connectivity index is 1.48. The van der Waals surface area contributed by atoms with Gasteiger partial charge in [0.1, 0.15) is 23.6 Å². The monoisotopic (exact) mass is 584 g/mol. The predicted octanol–water partition coefficient (Wildman–Crippen LogP) is 4.51. The summed E-state index contributed by atoms with van der Waals surface area (Å²) in [5.41, 5.74) is 1.73. The number of pyridine rings is 1. The molecule has 2 amide bonds. The first kappa shape index (κ1) is 26.6. The summed E-state index contributed by atoms with van der Waals surface area (Å²) in [5, 5.41) is 12.5. The van der Waals surface area contributed by atoms with Gasteiger partial charge in [0.2, 0.25) is 0 Å². The molecule has 4 heterocycles. The average molecular weight is 585 g/mol. The van der Waals surface area contributed by atoms with Gasteiger partial charge in [-0.2, -0.15) is 13.2 Å². The Morgan fingerprint density at radius 3 is 2.61 bits per heavy atom. The Morgan fingerprint density at radius 1 is 1.10 bits per heavy atom. The molecule has 10 nitrogen and oxygen atoms in total. The van der Waals surface area contributed by atoms with Crippen LogP contribution < -0.4 is 5.32 Å². The maximum atomic E-state index is 13.4. The molecule has 1 aliphatic rings. The fourth-order valence-electron chi connectivity index (χ4n) is 5.18. The maximum Gasteiger partial charge on any atom is 0.405 e. The SMILES string of the molecule is O=C(NCC(F)(F)F)N1CCC(n2c(-c3cccc(O)c3)nc3cnc4c(ccn4S(=O)(=O)c4ccccc4)c32)C1. The molecule has 1 saturated heterocycles. The second-order valence-electron chi connectivity index (χ2n) is 9.68. The summed E-state index contributed by atoms with van der Waals surface area (Å²) in [4.78, 5) is 23.1. The number of phenols is 1. The lowest BCUT2D eigenvalue weighted by Gasteiger charge is -2.20. The van der Waals surface area contributed by atoms with E-state index in [0.717, 1.165) is 3.97 Å². The Morgan fingerprint density at radius 2 is 1.88 bits per heavy atom. The number of phenolic OH excluding ortho intramolecular Hbond substituents is 1. The first-order valence-corrected chi connectivity index (χ1v) is 14.0. The normalized spacial score (nSPS) is 16.1. The maximum absolute atomic E-state index is 13.4. The highest BCUT2D eigenvalue weighted by Crippen LogP contribution is 2.37. The molecule has 212 valence electrons. The van der Waals surface area contributed by atoms with Gasteiger partial charge in [-0.1, -0.05) is 30.3 Å². The van der Waals surface area contributed by atoms with Gasteiger partial charge in [0.05, 0.1) is 22.7 Å². The second kappa shape index (κ2) is 9.80. The topological polar surface area (TPSA) is 122 Å². The highest BCUT2D eigenvalue weighted by molar-refractivity contribution is 7.90. The number of hydrogen-bond donors (Lipinski definition) is 2. The minimum atomic E-state index is -4.54. The molecule has 41 heavy (non-hydrogen) atoms. The van der Waals surface area contributed by atoms with Crippen LogP contribution in [-0.2, 0) is 10.0 Å². The number of aromatic hydroxyl groups is 1. The van der Waals surface area contributed by atoms with E-state index >= 15 is 0 Å². The van der Waals surface area contributed by atoms with Crippen molar-refractivity contribution in [1.82, 2.24) is 28.7 Å². The number of aromatic nitrogens is 4. The molecule has 14 heteroatoms. The smallest absolute Gasteiger partial charge is 0.405 e. The number of nitrogens with zero attached hydrogens (tertiary/aromatic N) is 5. The number of carbonyl (C=O) groups excluding carboxylic acids is 1. The number of rotatable bonds is 5. The number of carbonyl (C=O) groups is 1. The van der Waals surface area contributed by atoms with Crippen LogP contribution in [0.4, 0.5) is 18.0 Å².